The number of likely N-dealkylation sites (tertiary alicyclic amines) is 1. The van der Waals surface area contributed by atoms with E-state index < -0.39 is 15.8 Å². The van der Waals surface area contributed by atoms with E-state index in [2.05, 4.69) is 4.90 Å². The summed E-state index contributed by atoms with van der Waals surface area (Å²) in [6.45, 7) is 0.713. The van der Waals surface area contributed by atoms with Gasteiger partial charge < -0.3 is 18.9 Å². The van der Waals surface area contributed by atoms with Gasteiger partial charge in [0.15, 0.2) is 23.0 Å². The Kier molecular flexibility index (Phi) is 4.03. The number of allylic oxidation sites excluding steroid dienone is 1. The molecule has 1 heterocycles. The summed E-state index contributed by atoms with van der Waals surface area (Å²) < 4.78 is 42.5. The molecule has 2 N–H and O–H groups in total. The summed E-state index contributed by atoms with van der Waals surface area (Å²) >= 11 is 0. The van der Waals surface area contributed by atoms with Gasteiger partial charge in [0.2, 0.25) is 0 Å². The van der Waals surface area contributed by atoms with Gasteiger partial charge in [-0.3, -0.25) is 9.35 Å². The number of benzene rings is 1. The molecule has 27 heavy (non-hydrogen) atoms. The summed E-state index contributed by atoms with van der Waals surface area (Å²) in [7, 11) is -1.41. The maximum Gasteiger partial charge on any atom is 0.446 e. The molecule has 0 radical (unpaired) electrons. The number of carbonyl (C=O) groups is 1. The second-order valence-corrected chi connectivity index (χ2v) is 8.50. The van der Waals surface area contributed by atoms with E-state index in [4.69, 9.17) is 8.92 Å². The quantitative estimate of drug-likeness (QED) is 0.739. The van der Waals surface area contributed by atoms with Crippen molar-refractivity contribution in [1.29, 1.82) is 0 Å². The summed E-state index contributed by atoms with van der Waals surface area (Å²) in [6, 6.07) is 3.51. The second kappa shape index (κ2) is 5.95. The third-order valence-electron chi connectivity index (χ3n) is 6.17. The van der Waals surface area contributed by atoms with Gasteiger partial charge in [0, 0.05) is 29.4 Å². The fourth-order valence-electron chi connectivity index (χ4n) is 5.02. The van der Waals surface area contributed by atoms with Crippen molar-refractivity contribution < 1.29 is 31.8 Å². The molecule has 4 rings (SSSR count). The first-order chi connectivity index (χ1) is 12.7. The van der Waals surface area contributed by atoms with Gasteiger partial charge in [-0.05, 0) is 44.1 Å². The molecule has 3 unspecified atom stereocenters. The average Bonchev–Trinajstić information content (AvgIpc) is 2.58. The Morgan fingerprint density at radius 2 is 2.07 bits per heavy atom. The molecule has 2 bridgehead atoms. The lowest BCUT2D eigenvalue weighted by Gasteiger charge is -2.56. The SMILES string of the molecule is COc1ccc2c(c1OS(=O)(=O)O)C13CCN(C)C(C2)C1C=C(O)C(=O)C3. The lowest BCUT2D eigenvalue weighted by molar-refractivity contribution is -0.122. The lowest BCUT2D eigenvalue weighted by Crippen LogP contribution is -2.60. The molecule has 0 saturated carbocycles. The van der Waals surface area contributed by atoms with E-state index in [0.29, 0.717) is 24.9 Å². The number of aliphatic hydroxyl groups is 1. The predicted molar refractivity (Wildman–Crippen MR) is 95.4 cm³/mol. The number of ether oxygens (including phenoxy) is 1. The molecule has 146 valence electrons. The molecular formula is C18H21NO7S. The Morgan fingerprint density at radius 1 is 1.33 bits per heavy atom. The van der Waals surface area contributed by atoms with E-state index in [-0.39, 0.29) is 41.4 Å². The van der Waals surface area contributed by atoms with Crippen LogP contribution in [0.3, 0.4) is 0 Å². The lowest BCUT2D eigenvalue weighted by atomic mass is 9.53. The highest BCUT2D eigenvalue weighted by atomic mass is 32.3. The first kappa shape index (κ1) is 18.3. The number of carbonyl (C=O) groups excluding carboxylic acids is 1. The van der Waals surface area contributed by atoms with Crippen LogP contribution in [0, 0.1) is 5.92 Å². The maximum absolute atomic E-state index is 12.4. The number of nitrogens with zero attached hydrogens (tertiary/aromatic N) is 1. The van der Waals surface area contributed by atoms with Gasteiger partial charge in [-0.1, -0.05) is 6.07 Å². The normalized spacial score (nSPS) is 30.2. The van der Waals surface area contributed by atoms with Gasteiger partial charge in [-0.25, -0.2) is 0 Å². The summed E-state index contributed by atoms with van der Waals surface area (Å²) in [5.41, 5.74) is 0.707. The van der Waals surface area contributed by atoms with E-state index >= 15 is 0 Å². The van der Waals surface area contributed by atoms with Crippen LogP contribution in [0.2, 0.25) is 0 Å². The van der Waals surface area contributed by atoms with Crippen LogP contribution in [0.5, 0.6) is 11.5 Å². The third kappa shape index (κ3) is 2.72. The largest absolute Gasteiger partial charge is 0.505 e. The minimum atomic E-state index is -4.79. The van der Waals surface area contributed by atoms with Crippen LogP contribution in [0.15, 0.2) is 24.0 Å². The molecule has 9 heteroatoms. The maximum atomic E-state index is 12.4. The van der Waals surface area contributed by atoms with Gasteiger partial charge in [-0.2, -0.15) is 8.42 Å². The zero-order chi connectivity index (χ0) is 19.6. The molecule has 3 aliphatic rings. The number of ketones is 1. The van der Waals surface area contributed by atoms with E-state index in [1.807, 2.05) is 13.1 Å². The molecular weight excluding hydrogens is 374 g/mol. The van der Waals surface area contributed by atoms with Gasteiger partial charge in [0.25, 0.3) is 0 Å². The predicted octanol–water partition coefficient (Wildman–Crippen LogP) is 1.41. The van der Waals surface area contributed by atoms with Crippen molar-refractivity contribution in [2.45, 2.75) is 30.7 Å². The highest BCUT2D eigenvalue weighted by molar-refractivity contribution is 7.81. The first-order valence-electron chi connectivity index (χ1n) is 8.68. The zero-order valence-corrected chi connectivity index (χ0v) is 15.8. The summed E-state index contributed by atoms with van der Waals surface area (Å²) in [4.78, 5) is 14.6. The van der Waals surface area contributed by atoms with Crippen LogP contribution in [0.25, 0.3) is 0 Å². The summed E-state index contributed by atoms with van der Waals surface area (Å²) in [5.74, 6) is -0.726. The van der Waals surface area contributed by atoms with E-state index in [1.54, 1.807) is 12.1 Å². The highest BCUT2D eigenvalue weighted by Gasteiger charge is 2.56. The average molecular weight is 395 g/mol. The number of Topliss-reactive ketones (excluding diaryl/α,β-unsaturated/α-hetero) is 1. The van der Waals surface area contributed by atoms with Crippen LogP contribution in [-0.2, 0) is 27.0 Å². The number of likely N-dealkylation sites (N-methyl/N-ethyl adjacent to an activating group) is 1. The highest BCUT2D eigenvalue weighted by Crippen LogP contribution is 2.57. The first-order valence-corrected chi connectivity index (χ1v) is 10.0. The van der Waals surface area contributed by atoms with Crippen molar-refractivity contribution in [3.05, 3.63) is 35.1 Å². The molecule has 1 aromatic rings. The van der Waals surface area contributed by atoms with Crippen molar-refractivity contribution in [3.8, 4) is 11.5 Å². The molecule has 8 nitrogen and oxygen atoms in total. The van der Waals surface area contributed by atoms with Gasteiger partial charge >= 0.3 is 10.4 Å². The number of methoxy groups -OCH3 is 1. The van der Waals surface area contributed by atoms with Crippen LogP contribution in [-0.4, -0.2) is 55.5 Å². The number of piperidine rings is 1. The minimum absolute atomic E-state index is 0.0480. The topological polar surface area (TPSA) is 113 Å². The molecule has 0 amide bonds. The molecule has 2 aliphatic carbocycles. The van der Waals surface area contributed by atoms with Crippen LogP contribution in [0.1, 0.15) is 24.0 Å². The van der Waals surface area contributed by atoms with Crippen LogP contribution in [0.4, 0.5) is 0 Å². The molecule has 0 spiro atoms. The monoisotopic (exact) mass is 395 g/mol. The molecule has 1 aliphatic heterocycles. The van der Waals surface area contributed by atoms with Crippen molar-refractivity contribution in [2.24, 2.45) is 5.92 Å². The van der Waals surface area contributed by atoms with Crippen LogP contribution >= 0.6 is 0 Å². The van der Waals surface area contributed by atoms with Gasteiger partial charge in [0.1, 0.15) is 0 Å². The fraction of sp³-hybridized carbons (Fsp3) is 0.500. The number of hydrogen-bond acceptors (Lipinski definition) is 7. The Bertz CT molecular complexity index is 955. The molecule has 1 saturated heterocycles. The van der Waals surface area contributed by atoms with Gasteiger partial charge in [0.05, 0.1) is 7.11 Å². The second-order valence-electron chi connectivity index (χ2n) is 7.48. The van der Waals surface area contributed by atoms with Crippen molar-refractivity contribution in [1.82, 2.24) is 4.90 Å². The Hall–Kier alpha value is -2.10. The van der Waals surface area contributed by atoms with Crippen molar-refractivity contribution in [2.75, 3.05) is 20.7 Å². The molecule has 1 aromatic carbocycles. The smallest absolute Gasteiger partial charge is 0.446 e. The molecule has 3 atom stereocenters. The molecule has 0 aromatic heterocycles. The Morgan fingerprint density at radius 3 is 2.74 bits per heavy atom. The number of hydrogen-bond donors (Lipinski definition) is 2. The Labute approximate surface area is 157 Å². The van der Waals surface area contributed by atoms with Gasteiger partial charge in [-0.15, -0.1) is 0 Å². The van der Waals surface area contributed by atoms with Crippen molar-refractivity contribution in [3.63, 3.8) is 0 Å². The summed E-state index contributed by atoms with van der Waals surface area (Å²) in [6.07, 6.45) is 2.82. The third-order valence-corrected chi connectivity index (χ3v) is 6.55. The molecule has 1 fully saturated rings. The van der Waals surface area contributed by atoms with E-state index in [1.165, 1.54) is 7.11 Å². The fourth-order valence-corrected chi connectivity index (χ4v) is 5.40. The standard InChI is InChI=1S/C18H21NO7S/c1-19-6-5-18-9-14(21)13(20)8-11(18)12(19)7-10-3-4-15(25-2)17(16(10)18)26-27(22,23)24/h3-4,8,11-12,20H,5-7,9H2,1-2H3,(H,22,23,24). The van der Waals surface area contributed by atoms with E-state index in [0.717, 1.165) is 5.56 Å². The Balaban J connectivity index is 2.01. The van der Waals surface area contributed by atoms with E-state index in [9.17, 15) is 22.9 Å². The number of aliphatic hydroxyl groups excluding tert-OH is 1. The van der Waals surface area contributed by atoms with Crippen LogP contribution < -0.4 is 8.92 Å². The number of rotatable bonds is 3. The number of fused-ring (bicyclic) bond motifs is 1. The minimum Gasteiger partial charge on any atom is -0.505 e. The van der Waals surface area contributed by atoms with Crippen molar-refractivity contribution >= 4 is 16.2 Å². The zero-order valence-electron chi connectivity index (χ0n) is 15.0. The summed E-state index contributed by atoms with van der Waals surface area (Å²) in [5, 5.41) is 10.1.